The van der Waals surface area contributed by atoms with Crippen molar-refractivity contribution in [3.63, 3.8) is 0 Å². The summed E-state index contributed by atoms with van der Waals surface area (Å²) in [4.78, 5) is 36.5. The van der Waals surface area contributed by atoms with Gasteiger partial charge in [-0.25, -0.2) is 14.5 Å². The number of amides is 1. The molecule has 188 valence electrons. The fourth-order valence-corrected chi connectivity index (χ4v) is 4.49. The number of nitrogen functional groups attached to an aromatic ring is 1. The topological polar surface area (TPSA) is 132 Å². The molecule has 6 rings (SSSR count). The van der Waals surface area contributed by atoms with Gasteiger partial charge in [0.05, 0.1) is 22.6 Å². The molecule has 0 saturated carbocycles. The maximum absolute atomic E-state index is 14.0. The van der Waals surface area contributed by atoms with Crippen LogP contribution < -0.4 is 21.9 Å². The van der Waals surface area contributed by atoms with E-state index in [0.717, 1.165) is 13.1 Å². The zero-order valence-electron chi connectivity index (χ0n) is 20.5. The van der Waals surface area contributed by atoms with Crippen molar-refractivity contribution in [1.82, 2.24) is 34.8 Å². The average molecular weight is 505 g/mol. The number of rotatable bonds is 4. The third kappa shape index (κ3) is 4.05. The number of benzene rings is 2. The first-order chi connectivity index (χ1) is 18.5. The molecule has 1 aliphatic rings. The number of nitrogens with two attached hydrogens (primary N) is 1. The molecule has 5 aromatic rings. The lowest BCUT2D eigenvalue weighted by molar-refractivity contribution is 0.0940. The van der Waals surface area contributed by atoms with E-state index in [4.69, 9.17) is 10.7 Å². The quantitative estimate of drug-likeness (QED) is 0.319. The van der Waals surface area contributed by atoms with E-state index in [2.05, 4.69) is 32.6 Å². The first-order valence-corrected chi connectivity index (χ1v) is 12.2. The van der Waals surface area contributed by atoms with Crippen molar-refractivity contribution < 1.29 is 4.79 Å². The third-order valence-electron chi connectivity index (χ3n) is 6.51. The molecule has 0 spiro atoms. The molecule has 10 nitrogen and oxygen atoms in total. The van der Waals surface area contributed by atoms with Crippen LogP contribution in [0.25, 0.3) is 22.2 Å². The summed E-state index contributed by atoms with van der Waals surface area (Å²) in [6.45, 7) is 3.46. The number of hydrogen-bond acceptors (Lipinski definition) is 7. The second kappa shape index (κ2) is 9.46. The highest BCUT2D eigenvalue weighted by Gasteiger charge is 2.25. The van der Waals surface area contributed by atoms with Gasteiger partial charge in [-0.2, -0.15) is 0 Å². The standard InChI is InChI=1S/C28H24N8O2/c1-17(32-27(37)23-24(29)34-35-14-6-13-31-26(23)35)25-33-21-10-5-7-19(12-11-18-15-30-16-18)22(21)28(38)36(25)20-8-3-2-4-9-20/h2-10,13-14,17-18,30H,15-16H2,1H3,(H2,29,34)(H,32,37)/t17-/m1/s1. The summed E-state index contributed by atoms with van der Waals surface area (Å²) in [5, 5.41) is 10.7. The van der Waals surface area contributed by atoms with E-state index in [1.807, 2.05) is 42.5 Å². The van der Waals surface area contributed by atoms with Crippen molar-refractivity contribution in [2.24, 2.45) is 5.92 Å². The number of nitrogens with zero attached hydrogens (tertiary/aromatic N) is 5. The van der Waals surface area contributed by atoms with E-state index in [1.165, 1.54) is 9.08 Å². The maximum atomic E-state index is 14.0. The zero-order chi connectivity index (χ0) is 26.2. The molecule has 1 amide bonds. The number of anilines is 1. The molecule has 4 heterocycles. The monoisotopic (exact) mass is 504 g/mol. The van der Waals surface area contributed by atoms with Crippen LogP contribution in [0, 0.1) is 17.8 Å². The second-order valence-electron chi connectivity index (χ2n) is 9.11. The van der Waals surface area contributed by atoms with Crippen LogP contribution in [0.5, 0.6) is 0 Å². The van der Waals surface area contributed by atoms with Crippen LogP contribution in [0.4, 0.5) is 5.82 Å². The summed E-state index contributed by atoms with van der Waals surface area (Å²) in [6.07, 6.45) is 3.23. The van der Waals surface area contributed by atoms with Crippen LogP contribution in [0.15, 0.2) is 71.8 Å². The predicted octanol–water partition coefficient (Wildman–Crippen LogP) is 2.07. The van der Waals surface area contributed by atoms with Crippen molar-refractivity contribution >= 4 is 28.3 Å². The molecule has 10 heteroatoms. The van der Waals surface area contributed by atoms with E-state index in [9.17, 15) is 9.59 Å². The second-order valence-corrected chi connectivity index (χ2v) is 9.11. The van der Waals surface area contributed by atoms with Crippen LogP contribution in [0.1, 0.15) is 34.7 Å². The van der Waals surface area contributed by atoms with Crippen molar-refractivity contribution in [2.75, 3.05) is 18.8 Å². The van der Waals surface area contributed by atoms with Gasteiger partial charge in [0.15, 0.2) is 11.5 Å². The summed E-state index contributed by atoms with van der Waals surface area (Å²) in [5.41, 5.74) is 8.06. The van der Waals surface area contributed by atoms with Gasteiger partial charge in [0, 0.05) is 37.0 Å². The Morgan fingerprint density at radius 2 is 1.97 bits per heavy atom. The predicted molar refractivity (Wildman–Crippen MR) is 144 cm³/mol. The normalized spacial score (nSPS) is 14.0. The molecular weight excluding hydrogens is 480 g/mol. The van der Waals surface area contributed by atoms with Gasteiger partial charge < -0.3 is 16.4 Å². The van der Waals surface area contributed by atoms with Crippen molar-refractivity contribution in [1.29, 1.82) is 0 Å². The Balaban J connectivity index is 1.47. The molecule has 0 bridgehead atoms. The Kier molecular flexibility index (Phi) is 5.82. The Hall–Kier alpha value is -5.01. The van der Waals surface area contributed by atoms with Gasteiger partial charge in [-0.1, -0.05) is 36.1 Å². The van der Waals surface area contributed by atoms with Crippen LogP contribution in [-0.4, -0.2) is 43.1 Å². The van der Waals surface area contributed by atoms with Crippen molar-refractivity contribution in [3.05, 3.63) is 94.3 Å². The molecule has 0 radical (unpaired) electrons. The molecule has 1 saturated heterocycles. The average Bonchev–Trinajstić information content (AvgIpc) is 3.23. The molecule has 2 aromatic carbocycles. The number of carbonyl (C=O) groups excluding carboxylic acids is 1. The van der Waals surface area contributed by atoms with Crippen LogP contribution in [-0.2, 0) is 0 Å². The zero-order valence-corrected chi connectivity index (χ0v) is 20.5. The van der Waals surface area contributed by atoms with Crippen LogP contribution in [0.3, 0.4) is 0 Å². The maximum Gasteiger partial charge on any atom is 0.267 e. The van der Waals surface area contributed by atoms with Gasteiger partial charge in [-0.05, 0) is 37.3 Å². The molecule has 1 atom stereocenters. The first-order valence-electron chi connectivity index (χ1n) is 12.2. The molecule has 1 fully saturated rings. The third-order valence-corrected chi connectivity index (χ3v) is 6.51. The lowest BCUT2D eigenvalue weighted by Crippen LogP contribution is -2.40. The minimum atomic E-state index is -0.659. The molecule has 0 unspecified atom stereocenters. The van der Waals surface area contributed by atoms with Crippen LogP contribution in [0.2, 0.25) is 0 Å². The highest BCUT2D eigenvalue weighted by atomic mass is 16.2. The smallest absolute Gasteiger partial charge is 0.267 e. The van der Waals surface area contributed by atoms with E-state index < -0.39 is 11.9 Å². The minimum absolute atomic E-state index is 0.0604. The van der Waals surface area contributed by atoms with E-state index in [-0.39, 0.29) is 22.9 Å². The number of hydrogen-bond donors (Lipinski definition) is 3. The summed E-state index contributed by atoms with van der Waals surface area (Å²) >= 11 is 0. The fourth-order valence-electron chi connectivity index (χ4n) is 4.49. The summed E-state index contributed by atoms with van der Waals surface area (Å²) < 4.78 is 2.98. The lowest BCUT2D eigenvalue weighted by atomic mass is 10.0. The van der Waals surface area contributed by atoms with Gasteiger partial charge >= 0.3 is 0 Å². The van der Waals surface area contributed by atoms with E-state index in [0.29, 0.717) is 33.6 Å². The van der Waals surface area contributed by atoms with E-state index >= 15 is 0 Å². The largest absolute Gasteiger partial charge is 0.381 e. The molecule has 1 aliphatic heterocycles. The van der Waals surface area contributed by atoms with Crippen molar-refractivity contribution in [3.8, 4) is 17.5 Å². The van der Waals surface area contributed by atoms with Gasteiger partial charge in [0.25, 0.3) is 11.5 Å². The highest BCUT2D eigenvalue weighted by Crippen LogP contribution is 2.22. The SMILES string of the molecule is C[C@@H](NC(=O)c1c(N)nn2cccnc12)c1nc2cccc(C#CC3CNC3)c2c(=O)n1-c1ccccc1. The van der Waals surface area contributed by atoms with Gasteiger partial charge in [0.1, 0.15) is 11.4 Å². The Labute approximate surface area is 217 Å². The van der Waals surface area contributed by atoms with Gasteiger partial charge in [0.2, 0.25) is 0 Å². The molecule has 4 N–H and O–H groups in total. The minimum Gasteiger partial charge on any atom is -0.381 e. The number of aromatic nitrogens is 5. The van der Waals surface area contributed by atoms with Gasteiger partial charge in [-0.3, -0.25) is 14.2 Å². The number of nitrogens with one attached hydrogen (secondary N) is 2. The fraction of sp³-hybridized carbons (Fsp3) is 0.179. The number of para-hydroxylation sites is 1. The number of fused-ring (bicyclic) bond motifs is 2. The summed E-state index contributed by atoms with van der Waals surface area (Å²) in [6, 6.07) is 15.7. The molecular formula is C28H24N8O2. The Bertz CT molecular complexity index is 1810. The summed E-state index contributed by atoms with van der Waals surface area (Å²) in [7, 11) is 0. The Morgan fingerprint density at radius 3 is 2.74 bits per heavy atom. The first kappa shape index (κ1) is 23.4. The highest BCUT2D eigenvalue weighted by molar-refractivity contribution is 6.04. The molecule has 3 aromatic heterocycles. The number of carbonyl (C=O) groups is 1. The van der Waals surface area contributed by atoms with E-state index in [1.54, 1.807) is 31.5 Å². The lowest BCUT2D eigenvalue weighted by Gasteiger charge is -2.21. The van der Waals surface area contributed by atoms with Gasteiger partial charge in [-0.15, -0.1) is 5.10 Å². The Morgan fingerprint density at radius 1 is 1.16 bits per heavy atom. The molecule has 0 aliphatic carbocycles. The van der Waals surface area contributed by atoms with Crippen molar-refractivity contribution in [2.45, 2.75) is 13.0 Å². The van der Waals surface area contributed by atoms with Crippen LogP contribution >= 0.6 is 0 Å². The molecule has 38 heavy (non-hydrogen) atoms. The summed E-state index contributed by atoms with van der Waals surface area (Å²) in [5.74, 6) is 6.67.